The first-order valence-corrected chi connectivity index (χ1v) is 3.30. The number of rotatable bonds is 0. The topological polar surface area (TPSA) is 0 Å². The van der Waals surface area contributed by atoms with Gasteiger partial charge in [-0.15, -0.1) is 0 Å². The molecule has 0 saturated heterocycles. The molecule has 0 N–H and O–H groups in total. The molecule has 0 atom stereocenters. The van der Waals surface area contributed by atoms with Crippen LogP contribution in [0, 0.1) is 0 Å². The molecule has 0 spiro atoms. The molecular formula is C6H4BrLi. The van der Waals surface area contributed by atoms with Gasteiger partial charge in [0.1, 0.15) is 0 Å². The summed E-state index contributed by atoms with van der Waals surface area (Å²) < 4.78 is 2.44. The van der Waals surface area contributed by atoms with Crippen LogP contribution < -0.4 is 4.24 Å². The molecule has 0 radical (unpaired) electrons. The average Bonchev–Trinajstić information content (AvgIpc) is 1.77. The first-order chi connectivity index (χ1) is 3.79. The SMILES string of the molecule is [Li][c]1ccc(Br)cc1. The predicted octanol–water partition coefficient (Wildman–Crippen LogP) is 1.24. The van der Waals surface area contributed by atoms with Crippen LogP contribution in [0.4, 0.5) is 0 Å². The second-order valence-electron chi connectivity index (χ2n) is 1.80. The van der Waals surface area contributed by atoms with Crippen molar-refractivity contribution in [3.63, 3.8) is 0 Å². The van der Waals surface area contributed by atoms with Gasteiger partial charge >= 0.3 is 66.6 Å². The van der Waals surface area contributed by atoms with Gasteiger partial charge < -0.3 is 0 Å². The van der Waals surface area contributed by atoms with Crippen molar-refractivity contribution >= 4 is 37.9 Å². The van der Waals surface area contributed by atoms with Crippen LogP contribution in [0.5, 0.6) is 0 Å². The Morgan fingerprint density at radius 3 is 2.00 bits per heavy atom. The minimum atomic E-state index is 1.14. The van der Waals surface area contributed by atoms with Gasteiger partial charge in [0, 0.05) is 0 Å². The van der Waals surface area contributed by atoms with Crippen LogP contribution >= 0.6 is 15.9 Å². The Morgan fingerprint density at radius 1 is 1.12 bits per heavy atom. The van der Waals surface area contributed by atoms with E-state index in [0.29, 0.717) is 0 Å². The molecule has 1 rings (SSSR count). The molecule has 36 valence electrons. The first kappa shape index (κ1) is 6.42. The summed E-state index contributed by atoms with van der Waals surface area (Å²) in [5.41, 5.74) is 0. The molecule has 0 aliphatic heterocycles. The quantitative estimate of drug-likeness (QED) is 0.504. The summed E-state index contributed by atoms with van der Waals surface area (Å²) in [6, 6.07) is 8.22. The van der Waals surface area contributed by atoms with E-state index in [9.17, 15) is 0 Å². The Labute approximate surface area is 66.6 Å². The molecule has 8 heavy (non-hydrogen) atoms. The van der Waals surface area contributed by atoms with E-state index in [2.05, 4.69) is 45.8 Å². The van der Waals surface area contributed by atoms with Gasteiger partial charge in [0.2, 0.25) is 0 Å². The summed E-state index contributed by atoms with van der Waals surface area (Å²) in [5, 5.41) is 0. The third kappa shape index (κ3) is 1.67. The van der Waals surface area contributed by atoms with Crippen LogP contribution in [-0.4, -0.2) is 17.7 Å². The maximum absolute atomic E-state index is 3.35. The van der Waals surface area contributed by atoms with Gasteiger partial charge in [0.15, 0.2) is 0 Å². The van der Waals surface area contributed by atoms with Crippen LogP contribution in [0.25, 0.3) is 0 Å². The molecule has 0 aromatic heterocycles. The predicted molar refractivity (Wildman–Crippen MR) is 39.5 cm³/mol. The normalized spacial score (nSPS) is 9.38. The Hall–Kier alpha value is 0.297. The van der Waals surface area contributed by atoms with E-state index >= 15 is 0 Å². The fraction of sp³-hybridized carbons (Fsp3) is 0. The van der Waals surface area contributed by atoms with Crippen molar-refractivity contribution in [3.05, 3.63) is 28.7 Å². The number of halogens is 1. The third-order valence-corrected chi connectivity index (χ3v) is 1.54. The molecule has 0 bridgehead atoms. The van der Waals surface area contributed by atoms with Crippen LogP contribution in [0.1, 0.15) is 0 Å². The molecule has 0 fully saturated rings. The van der Waals surface area contributed by atoms with Gasteiger partial charge in [0.05, 0.1) is 0 Å². The van der Waals surface area contributed by atoms with Gasteiger partial charge in [-0.2, -0.15) is 0 Å². The van der Waals surface area contributed by atoms with Crippen molar-refractivity contribution in [3.8, 4) is 0 Å². The van der Waals surface area contributed by atoms with Crippen molar-refractivity contribution in [1.29, 1.82) is 0 Å². The summed E-state index contributed by atoms with van der Waals surface area (Å²) >= 11 is 5.42. The average molecular weight is 163 g/mol. The van der Waals surface area contributed by atoms with Crippen molar-refractivity contribution in [2.75, 3.05) is 0 Å². The zero-order valence-corrected chi connectivity index (χ0v) is 6.27. The molecule has 0 aliphatic rings. The van der Waals surface area contributed by atoms with Crippen molar-refractivity contribution < 1.29 is 0 Å². The Morgan fingerprint density at radius 2 is 1.62 bits per heavy atom. The van der Waals surface area contributed by atoms with Crippen LogP contribution in [0.2, 0.25) is 0 Å². The summed E-state index contributed by atoms with van der Waals surface area (Å²) in [4.78, 5) is 0. The molecule has 0 aliphatic carbocycles. The Kier molecular flexibility index (Phi) is 2.19. The molecule has 0 nitrogen and oxygen atoms in total. The van der Waals surface area contributed by atoms with Crippen molar-refractivity contribution in [2.24, 2.45) is 0 Å². The summed E-state index contributed by atoms with van der Waals surface area (Å²) in [6.45, 7) is 0. The van der Waals surface area contributed by atoms with Gasteiger partial charge in [0.25, 0.3) is 0 Å². The third-order valence-electron chi connectivity index (χ3n) is 1.01. The van der Waals surface area contributed by atoms with Crippen molar-refractivity contribution in [2.45, 2.75) is 0 Å². The van der Waals surface area contributed by atoms with Gasteiger partial charge in [-0.1, -0.05) is 0 Å². The first-order valence-electron chi connectivity index (χ1n) is 2.51. The number of hydrogen-bond donors (Lipinski definition) is 0. The van der Waals surface area contributed by atoms with Gasteiger partial charge in [-0.05, 0) is 0 Å². The minimum absolute atomic E-state index is 1.14. The van der Waals surface area contributed by atoms with Gasteiger partial charge in [-0.25, -0.2) is 0 Å². The zero-order chi connectivity index (χ0) is 5.98. The molecule has 1 aromatic rings. The zero-order valence-electron chi connectivity index (χ0n) is 4.69. The molecule has 2 heteroatoms. The van der Waals surface area contributed by atoms with Crippen LogP contribution in [0.15, 0.2) is 28.7 Å². The Bertz CT molecular complexity index is 147. The van der Waals surface area contributed by atoms with E-state index in [4.69, 9.17) is 0 Å². The fourth-order valence-corrected chi connectivity index (χ4v) is 0.798. The molecule has 0 amide bonds. The molecule has 0 unspecified atom stereocenters. The van der Waals surface area contributed by atoms with Crippen LogP contribution in [-0.2, 0) is 0 Å². The van der Waals surface area contributed by atoms with E-state index in [1.54, 1.807) is 0 Å². The fourth-order valence-electron chi connectivity index (χ4n) is 0.533. The van der Waals surface area contributed by atoms with E-state index in [1.165, 1.54) is 4.24 Å². The van der Waals surface area contributed by atoms with E-state index in [1.807, 2.05) is 12.1 Å². The monoisotopic (exact) mass is 162 g/mol. The van der Waals surface area contributed by atoms with E-state index in [0.717, 1.165) is 4.47 Å². The second-order valence-corrected chi connectivity index (χ2v) is 2.71. The summed E-state index contributed by atoms with van der Waals surface area (Å²) in [6.07, 6.45) is 0. The standard InChI is InChI=1S/C6H4Br.Li/c7-6-4-2-1-3-5-6;/h2-5H;. The maximum atomic E-state index is 3.35. The van der Waals surface area contributed by atoms with Gasteiger partial charge in [-0.3, -0.25) is 0 Å². The number of hydrogen-bond acceptors (Lipinski definition) is 0. The summed E-state index contributed by atoms with van der Waals surface area (Å²) in [5.74, 6) is 0. The van der Waals surface area contributed by atoms with Crippen molar-refractivity contribution in [1.82, 2.24) is 0 Å². The second kappa shape index (κ2) is 2.73. The molecule has 0 heterocycles. The molecular weight excluding hydrogens is 159 g/mol. The summed E-state index contributed by atoms with van der Waals surface area (Å²) in [7, 11) is 0. The van der Waals surface area contributed by atoms with E-state index < -0.39 is 0 Å². The number of benzene rings is 1. The molecule has 1 aromatic carbocycles. The molecule has 0 saturated carbocycles. The van der Waals surface area contributed by atoms with Crippen LogP contribution in [0.3, 0.4) is 0 Å². The Balaban J connectivity index is 3.03. The van der Waals surface area contributed by atoms with E-state index in [-0.39, 0.29) is 0 Å².